The molecule has 0 atom stereocenters. The normalized spacial score (nSPS) is 14.7. The summed E-state index contributed by atoms with van der Waals surface area (Å²) in [5.41, 5.74) is 6.08. The Morgan fingerprint density at radius 1 is 1.15 bits per heavy atom. The van der Waals surface area contributed by atoms with Gasteiger partial charge in [-0.25, -0.2) is 4.98 Å². The standard InChI is InChI=1S/C24H23N7O2/c1-30-12-19-15(11-26-31(19)2)14-4-3-5-17(22(14)30)27-18-10-20(29-23(32)13-6-7-13)28-16-8-9-25-24(33)21(16)18/h3-5,8-11,13H,6-7,12H2,1-2H3,(H,25,33)(H2,27,28,29,32). The minimum Gasteiger partial charge on any atom is -0.366 e. The number of rotatable bonds is 4. The highest BCUT2D eigenvalue weighted by atomic mass is 16.2. The first-order valence-electron chi connectivity index (χ1n) is 11.0. The van der Waals surface area contributed by atoms with E-state index in [2.05, 4.69) is 36.7 Å². The van der Waals surface area contributed by atoms with Gasteiger partial charge in [-0.15, -0.1) is 0 Å². The van der Waals surface area contributed by atoms with Crippen LogP contribution in [0.1, 0.15) is 18.5 Å². The van der Waals surface area contributed by atoms with Crippen LogP contribution < -0.4 is 21.1 Å². The lowest BCUT2D eigenvalue weighted by Gasteiger charge is -2.30. The van der Waals surface area contributed by atoms with Crippen LogP contribution in [0.5, 0.6) is 0 Å². The Kier molecular flexibility index (Phi) is 4.26. The number of nitrogens with zero attached hydrogens (tertiary/aromatic N) is 4. The lowest BCUT2D eigenvalue weighted by molar-refractivity contribution is -0.117. The van der Waals surface area contributed by atoms with Crippen LogP contribution in [0.4, 0.5) is 22.9 Å². The van der Waals surface area contributed by atoms with Gasteiger partial charge in [-0.3, -0.25) is 14.3 Å². The molecule has 4 aromatic rings. The molecule has 1 aromatic carbocycles. The van der Waals surface area contributed by atoms with Gasteiger partial charge in [0.05, 0.1) is 46.4 Å². The first-order valence-corrected chi connectivity index (χ1v) is 11.0. The number of nitrogens with one attached hydrogen (secondary N) is 3. The molecule has 1 amide bonds. The molecule has 3 N–H and O–H groups in total. The summed E-state index contributed by atoms with van der Waals surface area (Å²) in [6.07, 6.45) is 5.27. The van der Waals surface area contributed by atoms with Gasteiger partial charge in [-0.1, -0.05) is 12.1 Å². The number of carbonyl (C=O) groups is 1. The summed E-state index contributed by atoms with van der Waals surface area (Å²) in [5, 5.41) is 11.2. The van der Waals surface area contributed by atoms with Crippen molar-refractivity contribution in [1.29, 1.82) is 0 Å². The maximum atomic E-state index is 12.7. The van der Waals surface area contributed by atoms with Crippen molar-refractivity contribution in [3.8, 4) is 11.1 Å². The minimum absolute atomic E-state index is 0.0291. The van der Waals surface area contributed by atoms with Crippen LogP contribution in [0.3, 0.4) is 0 Å². The van der Waals surface area contributed by atoms with Gasteiger partial charge < -0.3 is 20.5 Å². The van der Waals surface area contributed by atoms with Gasteiger partial charge in [0.1, 0.15) is 5.82 Å². The van der Waals surface area contributed by atoms with Crippen molar-refractivity contribution in [3.05, 3.63) is 58.8 Å². The summed E-state index contributed by atoms with van der Waals surface area (Å²) < 4.78 is 1.90. The summed E-state index contributed by atoms with van der Waals surface area (Å²) in [6.45, 7) is 0.720. The number of benzene rings is 1. The summed E-state index contributed by atoms with van der Waals surface area (Å²) >= 11 is 0. The molecule has 0 radical (unpaired) electrons. The fourth-order valence-electron chi connectivity index (χ4n) is 4.53. The number of aryl methyl sites for hydroxylation is 1. The minimum atomic E-state index is -0.240. The average molecular weight is 441 g/mol. The number of pyridine rings is 2. The van der Waals surface area contributed by atoms with Crippen LogP contribution in [0.2, 0.25) is 0 Å². The number of para-hydroxylation sites is 1. The number of hydrogen-bond donors (Lipinski definition) is 3. The zero-order chi connectivity index (χ0) is 22.7. The molecule has 6 rings (SSSR count). The molecule has 166 valence electrons. The molecule has 2 aliphatic rings. The summed E-state index contributed by atoms with van der Waals surface area (Å²) in [7, 11) is 3.99. The Morgan fingerprint density at radius 3 is 2.82 bits per heavy atom. The van der Waals surface area contributed by atoms with Crippen LogP contribution in [0.15, 0.2) is 47.5 Å². The smallest absolute Gasteiger partial charge is 0.259 e. The van der Waals surface area contributed by atoms with Crippen molar-refractivity contribution in [2.75, 3.05) is 22.6 Å². The Balaban J connectivity index is 1.47. The van der Waals surface area contributed by atoms with E-state index in [0.717, 1.165) is 47.6 Å². The monoisotopic (exact) mass is 441 g/mol. The number of anilines is 4. The molecule has 0 saturated heterocycles. The molecule has 0 bridgehead atoms. The number of aromatic nitrogens is 4. The van der Waals surface area contributed by atoms with Crippen molar-refractivity contribution in [3.63, 3.8) is 0 Å². The summed E-state index contributed by atoms with van der Waals surface area (Å²) in [4.78, 5) is 34.5. The van der Waals surface area contributed by atoms with E-state index in [1.807, 2.05) is 37.1 Å². The van der Waals surface area contributed by atoms with Gasteiger partial charge in [-0.05, 0) is 25.0 Å². The van der Waals surface area contributed by atoms with Crippen molar-refractivity contribution in [2.45, 2.75) is 19.4 Å². The second-order valence-electron chi connectivity index (χ2n) is 8.70. The van der Waals surface area contributed by atoms with Gasteiger partial charge in [0.15, 0.2) is 0 Å². The predicted octanol–water partition coefficient (Wildman–Crippen LogP) is 3.37. The lowest BCUT2D eigenvalue weighted by atomic mass is 9.98. The topological polar surface area (TPSA) is 108 Å². The molecular formula is C24H23N7O2. The molecular weight excluding hydrogens is 418 g/mol. The predicted molar refractivity (Wildman–Crippen MR) is 128 cm³/mol. The Morgan fingerprint density at radius 2 is 2.00 bits per heavy atom. The van der Waals surface area contributed by atoms with Gasteiger partial charge in [0.25, 0.3) is 5.56 Å². The zero-order valence-electron chi connectivity index (χ0n) is 18.3. The number of aromatic amines is 1. The highest BCUT2D eigenvalue weighted by Crippen LogP contribution is 2.44. The molecule has 3 aromatic heterocycles. The number of carbonyl (C=O) groups excluding carboxylic acids is 1. The SMILES string of the molecule is CN1Cc2c(cnn2C)-c2cccc(Nc3cc(NC(=O)C4CC4)nc4cc[nH]c(=O)c34)c21. The van der Waals surface area contributed by atoms with Crippen LogP contribution in [-0.4, -0.2) is 32.7 Å². The second-order valence-corrected chi connectivity index (χ2v) is 8.70. The van der Waals surface area contributed by atoms with E-state index in [-0.39, 0.29) is 17.4 Å². The summed E-state index contributed by atoms with van der Waals surface area (Å²) in [5.74, 6) is 0.459. The third-order valence-electron chi connectivity index (χ3n) is 6.36. The average Bonchev–Trinajstić information content (AvgIpc) is 3.58. The third-order valence-corrected chi connectivity index (χ3v) is 6.36. The van der Waals surface area contributed by atoms with E-state index >= 15 is 0 Å². The van der Waals surface area contributed by atoms with E-state index in [4.69, 9.17) is 0 Å². The third kappa shape index (κ3) is 3.24. The molecule has 0 spiro atoms. The molecule has 1 aliphatic carbocycles. The molecule has 9 heteroatoms. The van der Waals surface area contributed by atoms with Gasteiger partial charge >= 0.3 is 0 Å². The number of amides is 1. The van der Waals surface area contributed by atoms with Gasteiger partial charge in [-0.2, -0.15) is 5.10 Å². The van der Waals surface area contributed by atoms with E-state index in [1.165, 1.54) is 0 Å². The van der Waals surface area contributed by atoms with E-state index in [0.29, 0.717) is 22.4 Å². The molecule has 0 unspecified atom stereocenters. The van der Waals surface area contributed by atoms with E-state index in [9.17, 15) is 9.59 Å². The maximum absolute atomic E-state index is 12.7. The number of H-pyrrole nitrogens is 1. The van der Waals surface area contributed by atoms with Crippen LogP contribution in [-0.2, 0) is 18.4 Å². The van der Waals surface area contributed by atoms with Gasteiger partial charge in [0, 0.05) is 43.4 Å². The number of hydrogen-bond acceptors (Lipinski definition) is 6. The highest BCUT2D eigenvalue weighted by molar-refractivity contribution is 6.00. The Labute approximate surface area is 189 Å². The Hall–Kier alpha value is -4.14. The number of fused-ring (bicyclic) bond motifs is 4. The molecule has 33 heavy (non-hydrogen) atoms. The largest absolute Gasteiger partial charge is 0.366 e. The van der Waals surface area contributed by atoms with E-state index in [1.54, 1.807) is 18.3 Å². The fraction of sp³-hybridized carbons (Fsp3) is 0.250. The van der Waals surface area contributed by atoms with Gasteiger partial charge in [0.2, 0.25) is 5.91 Å². The van der Waals surface area contributed by atoms with Crippen LogP contribution in [0.25, 0.3) is 22.0 Å². The maximum Gasteiger partial charge on any atom is 0.259 e. The van der Waals surface area contributed by atoms with Crippen LogP contribution in [0, 0.1) is 5.92 Å². The summed E-state index contributed by atoms with van der Waals surface area (Å²) in [6, 6.07) is 9.53. The second kappa shape index (κ2) is 7.19. The molecule has 1 fully saturated rings. The van der Waals surface area contributed by atoms with Crippen molar-refractivity contribution < 1.29 is 4.79 Å². The molecule has 1 aliphatic heterocycles. The van der Waals surface area contributed by atoms with Crippen molar-refractivity contribution >= 4 is 39.7 Å². The molecule has 1 saturated carbocycles. The first kappa shape index (κ1) is 19.5. The zero-order valence-corrected chi connectivity index (χ0v) is 18.3. The highest BCUT2D eigenvalue weighted by Gasteiger charge is 2.30. The van der Waals surface area contributed by atoms with Crippen LogP contribution >= 0.6 is 0 Å². The lowest BCUT2D eigenvalue weighted by Crippen LogP contribution is -2.24. The quantitative estimate of drug-likeness (QED) is 0.448. The Bertz CT molecular complexity index is 1480. The molecule has 9 nitrogen and oxygen atoms in total. The van der Waals surface area contributed by atoms with Crippen molar-refractivity contribution in [1.82, 2.24) is 19.7 Å². The van der Waals surface area contributed by atoms with Crippen molar-refractivity contribution in [2.24, 2.45) is 13.0 Å². The van der Waals surface area contributed by atoms with E-state index < -0.39 is 0 Å². The molecule has 4 heterocycles. The fourth-order valence-corrected chi connectivity index (χ4v) is 4.53. The first-order chi connectivity index (χ1) is 16.0.